The first-order valence-electron chi connectivity index (χ1n) is 4.74. The molecule has 0 fully saturated rings. The van der Waals surface area contributed by atoms with Crippen LogP contribution in [0.5, 0.6) is 0 Å². The van der Waals surface area contributed by atoms with E-state index in [0.717, 1.165) is 12.1 Å². The van der Waals surface area contributed by atoms with Crippen LogP contribution in [0.4, 0.5) is 17.6 Å². The molecule has 0 amide bonds. The molecule has 0 N–H and O–H groups in total. The van der Waals surface area contributed by atoms with Crippen LogP contribution in [0.3, 0.4) is 0 Å². The third-order valence-electron chi connectivity index (χ3n) is 2.44. The summed E-state index contributed by atoms with van der Waals surface area (Å²) in [6.45, 7) is 1.18. The number of hydrogen-bond acceptors (Lipinski definition) is 1. The van der Waals surface area contributed by atoms with E-state index >= 15 is 0 Å². The molecule has 0 aliphatic carbocycles. The molecule has 1 heterocycles. The van der Waals surface area contributed by atoms with Crippen LogP contribution < -0.4 is 0 Å². The first-order chi connectivity index (χ1) is 8.21. The quantitative estimate of drug-likeness (QED) is 0.623. The first-order valence-corrected chi connectivity index (χ1v) is 5.49. The lowest BCUT2D eigenvalue weighted by Crippen LogP contribution is -2.11. The average Bonchev–Trinajstić information content (AvgIpc) is 2.22. The van der Waals surface area contributed by atoms with Crippen molar-refractivity contribution in [3.63, 3.8) is 0 Å². The maximum atomic E-state index is 13.2. The van der Waals surface area contributed by atoms with E-state index in [4.69, 9.17) is 23.2 Å². The highest BCUT2D eigenvalue weighted by Crippen LogP contribution is 2.38. The van der Waals surface area contributed by atoms with Gasteiger partial charge in [-0.3, -0.25) is 0 Å². The fraction of sp³-hybridized carbons (Fsp3) is 0.182. The Kier molecular flexibility index (Phi) is 3.15. The van der Waals surface area contributed by atoms with Gasteiger partial charge in [0.05, 0.1) is 15.6 Å². The zero-order valence-electron chi connectivity index (χ0n) is 8.87. The second-order valence-electron chi connectivity index (χ2n) is 3.68. The molecule has 1 nitrogen and oxygen atoms in total. The molecule has 2 aromatic rings. The van der Waals surface area contributed by atoms with E-state index in [9.17, 15) is 17.6 Å². The molecule has 2 rings (SSSR count). The van der Waals surface area contributed by atoms with Gasteiger partial charge in [-0.15, -0.1) is 0 Å². The minimum atomic E-state index is -4.64. The van der Waals surface area contributed by atoms with Gasteiger partial charge in [0.25, 0.3) is 0 Å². The van der Waals surface area contributed by atoms with Crippen LogP contribution in [0.1, 0.15) is 11.3 Å². The predicted molar refractivity (Wildman–Crippen MR) is 61.5 cm³/mol. The fourth-order valence-electron chi connectivity index (χ4n) is 1.62. The van der Waals surface area contributed by atoms with Crippen LogP contribution in [0.2, 0.25) is 10.0 Å². The zero-order valence-corrected chi connectivity index (χ0v) is 10.4. The Morgan fingerprint density at radius 3 is 2.33 bits per heavy atom. The van der Waals surface area contributed by atoms with Gasteiger partial charge < -0.3 is 0 Å². The maximum absolute atomic E-state index is 13.2. The number of fused-ring (bicyclic) bond motifs is 1. The van der Waals surface area contributed by atoms with Crippen LogP contribution in [-0.4, -0.2) is 4.98 Å². The molecule has 1 aromatic carbocycles. The molecular weight excluding hydrogens is 293 g/mol. The molecule has 0 radical (unpaired) electrons. The summed E-state index contributed by atoms with van der Waals surface area (Å²) in [6, 6.07) is 1.90. The molecule has 0 saturated carbocycles. The number of aromatic nitrogens is 1. The van der Waals surface area contributed by atoms with E-state index in [-0.39, 0.29) is 26.5 Å². The van der Waals surface area contributed by atoms with Crippen molar-refractivity contribution in [3.8, 4) is 0 Å². The van der Waals surface area contributed by atoms with Crippen molar-refractivity contribution in [2.75, 3.05) is 0 Å². The van der Waals surface area contributed by atoms with E-state index < -0.39 is 17.7 Å². The third-order valence-corrected chi connectivity index (χ3v) is 3.22. The highest BCUT2D eigenvalue weighted by Gasteiger charge is 2.36. The van der Waals surface area contributed by atoms with Crippen molar-refractivity contribution >= 4 is 34.1 Å². The molecule has 0 saturated heterocycles. The molecule has 7 heteroatoms. The molecule has 96 valence electrons. The van der Waals surface area contributed by atoms with Crippen molar-refractivity contribution in [3.05, 3.63) is 39.3 Å². The molecule has 18 heavy (non-hydrogen) atoms. The van der Waals surface area contributed by atoms with Crippen LogP contribution in [0.25, 0.3) is 10.9 Å². The summed E-state index contributed by atoms with van der Waals surface area (Å²) in [5.41, 5.74) is -1.53. The summed E-state index contributed by atoms with van der Waals surface area (Å²) in [5.74, 6) is -0.685. The Bertz CT molecular complexity index is 637. The number of halogens is 6. The van der Waals surface area contributed by atoms with E-state index in [1.807, 2.05) is 0 Å². The summed E-state index contributed by atoms with van der Waals surface area (Å²) >= 11 is 11.5. The standard InChI is InChI=1S/C11H5Cl2F4N/c1-4-8(13)6-2-5(14)3-7(12)9(6)18-10(4)11(15,16)17/h2-3H,1H3. The minimum Gasteiger partial charge on any atom is -0.241 e. The fourth-order valence-corrected chi connectivity index (χ4v) is 2.11. The number of alkyl halides is 3. The van der Waals surface area contributed by atoms with Crippen molar-refractivity contribution < 1.29 is 17.6 Å². The number of nitrogens with zero attached hydrogens (tertiary/aromatic N) is 1. The van der Waals surface area contributed by atoms with E-state index in [1.165, 1.54) is 6.92 Å². The van der Waals surface area contributed by atoms with Crippen molar-refractivity contribution in [1.29, 1.82) is 0 Å². The van der Waals surface area contributed by atoms with E-state index in [2.05, 4.69) is 4.98 Å². The normalized spacial score (nSPS) is 12.2. The lowest BCUT2D eigenvalue weighted by atomic mass is 10.1. The molecule has 0 bridgehead atoms. The summed E-state index contributed by atoms with van der Waals surface area (Å²) < 4.78 is 51.3. The summed E-state index contributed by atoms with van der Waals surface area (Å²) in [7, 11) is 0. The number of rotatable bonds is 0. The zero-order chi connectivity index (χ0) is 13.7. The molecule has 0 aliphatic heterocycles. The van der Waals surface area contributed by atoms with Gasteiger partial charge in [-0.1, -0.05) is 23.2 Å². The van der Waals surface area contributed by atoms with E-state index in [0.29, 0.717) is 0 Å². The Morgan fingerprint density at radius 1 is 1.17 bits per heavy atom. The summed E-state index contributed by atoms with van der Waals surface area (Å²) in [4.78, 5) is 3.44. The van der Waals surface area contributed by atoms with Gasteiger partial charge >= 0.3 is 6.18 Å². The number of benzene rings is 1. The Hall–Kier alpha value is -1.07. The van der Waals surface area contributed by atoms with Crippen molar-refractivity contribution in [1.82, 2.24) is 4.98 Å². The SMILES string of the molecule is Cc1c(C(F)(F)F)nc2c(Cl)cc(F)cc2c1Cl. The van der Waals surface area contributed by atoms with Gasteiger partial charge in [-0.2, -0.15) is 13.2 Å². The van der Waals surface area contributed by atoms with Crippen LogP contribution >= 0.6 is 23.2 Å². The second kappa shape index (κ2) is 4.24. The molecule has 0 atom stereocenters. The monoisotopic (exact) mass is 297 g/mol. The largest absolute Gasteiger partial charge is 0.433 e. The van der Waals surface area contributed by atoms with Crippen molar-refractivity contribution in [2.24, 2.45) is 0 Å². The molecule has 0 spiro atoms. The topological polar surface area (TPSA) is 12.9 Å². The Morgan fingerprint density at radius 2 is 1.78 bits per heavy atom. The minimum absolute atomic E-state index is 0.0622. The molecule has 1 aromatic heterocycles. The van der Waals surface area contributed by atoms with Crippen LogP contribution in [0.15, 0.2) is 12.1 Å². The van der Waals surface area contributed by atoms with Gasteiger partial charge in [0.15, 0.2) is 0 Å². The van der Waals surface area contributed by atoms with Gasteiger partial charge in [0.2, 0.25) is 0 Å². The number of hydrogen-bond donors (Lipinski definition) is 0. The highest BCUT2D eigenvalue weighted by atomic mass is 35.5. The first kappa shape index (κ1) is 13.4. The number of pyridine rings is 1. The van der Waals surface area contributed by atoms with Gasteiger partial charge in [0.1, 0.15) is 11.5 Å². The van der Waals surface area contributed by atoms with Crippen molar-refractivity contribution in [2.45, 2.75) is 13.1 Å². The van der Waals surface area contributed by atoms with Gasteiger partial charge in [-0.05, 0) is 24.6 Å². The predicted octanol–water partition coefficient (Wildman–Crippen LogP) is 5.01. The average molecular weight is 298 g/mol. The Balaban J connectivity index is 2.93. The second-order valence-corrected chi connectivity index (χ2v) is 4.47. The van der Waals surface area contributed by atoms with Crippen LogP contribution in [-0.2, 0) is 6.18 Å². The smallest absolute Gasteiger partial charge is 0.241 e. The maximum Gasteiger partial charge on any atom is 0.433 e. The molecular formula is C11H5Cl2F4N. The van der Waals surface area contributed by atoms with Gasteiger partial charge in [-0.25, -0.2) is 9.37 Å². The Labute approximate surface area is 109 Å². The molecule has 0 aliphatic rings. The third kappa shape index (κ3) is 2.12. The highest BCUT2D eigenvalue weighted by molar-refractivity contribution is 6.39. The van der Waals surface area contributed by atoms with E-state index in [1.54, 1.807) is 0 Å². The summed E-state index contributed by atoms with van der Waals surface area (Å²) in [5, 5.41) is -0.349. The van der Waals surface area contributed by atoms with Gasteiger partial charge in [0, 0.05) is 5.39 Å². The summed E-state index contributed by atoms with van der Waals surface area (Å²) in [6.07, 6.45) is -4.64. The lowest BCUT2D eigenvalue weighted by molar-refractivity contribution is -0.141. The lowest BCUT2D eigenvalue weighted by Gasteiger charge is -2.13. The van der Waals surface area contributed by atoms with Crippen LogP contribution in [0, 0.1) is 12.7 Å². The molecule has 0 unspecified atom stereocenters.